The molecular formula is C19H32N2. The maximum atomic E-state index is 6.08. The quantitative estimate of drug-likeness (QED) is 0.821. The zero-order valence-corrected chi connectivity index (χ0v) is 13.8. The Bertz CT molecular complexity index is 384. The Morgan fingerprint density at radius 1 is 1.05 bits per heavy atom. The molecule has 0 aromatic heterocycles. The fraction of sp³-hybridized carbons (Fsp3) is 0.684. The van der Waals surface area contributed by atoms with Crippen molar-refractivity contribution in [1.29, 1.82) is 0 Å². The summed E-state index contributed by atoms with van der Waals surface area (Å²) in [7, 11) is 0. The molecule has 0 spiro atoms. The van der Waals surface area contributed by atoms with Crippen LogP contribution in [-0.2, 0) is 0 Å². The van der Waals surface area contributed by atoms with Gasteiger partial charge in [-0.3, -0.25) is 0 Å². The molecule has 2 rings (SSSR count). The minimum Gasteiger partial charge on any atom is -0.330 e. The Kier molecular flexibility index (Phi) is 6.72. The van der Waals surface area contributed by atoms with Gasteiger partial charge in [-0.15, -0.1) is 0 Å². The summed E-state index contributed by atoms with van der Waals surface area (Å²) in [6, 6.07) is 11.7. The fourth-order valence-electron chi connectivity index (χ4n) is 3.98. The molecule has 0 heterocycles. The standard InChI is InChI=1S/C19H32N2/c1-3-12-21(13-4-2)19-14-17(10-11-18(19)15-20)16-8-6-5-7-9-16/h5-9,17-19H,3-4,10-15,20H2,1-2H3. The van der Waals surface area contributed by atoms with Crippen LogP contribution in [0, 0.1) is 5.92 Å². The van der Waals surface area contributed by atoms with E-state index >= 15 is 0 Å². The van der Waals surface area contributed by atoms with E-state index in [2.05, 4.69) is 49.1 Å². The van der Waals surface area contributed by atoms with Crippen molar-refractivity contribution in [1.82, 2.24) is 4.90 Å². The van der Waals surface area contributed by atoms with Crippen LogP contribution in [0.4, 0.5) is 0 Å². The number of benzene rings is 1. The van der Waals surface area contributed by atoms with Gasteiger partial charge in [0.1, 0.15) is 0 Å². The van der Waals surface area contributed by atoms with E-state index in [9.17, 15) is 0 Å². The first-order valence-electron chi connectivity index (χ1n) is 8.79. The minimum absolute atomic E-state index is 0.675. The first-order chi connectivity index (χ1) is 10.3. The Hall–Kier alpha value is -0.860. The third-order valence-corrected chi connectivity index (χ3v) is 5.02. The molecule has 3 unspecified atom stereocenters. The van der Waals surface area contributed by atoms with Crippen LogP contribution in [0.1, 0.15) is 57.4 Å². The average molecular weight is 288 g/mol. The summed E-state index contributed by atoms with van der Waals surface area (Å²) in [5.41, 5.74) is 7.60. The van der Waals surface area contributed by atoms with Crippen LogP contribution in [-0.4, -0.2) is 30.6 Å². The molecule has 1 aliphatic carbocycles. The van der Waals surface area contributed by atoms with Crippen molar-refractivity contribution in [3.8, 4) is 0 Å². The summed E-state index contributed by atoms with van der Waals surface area (Å²) in [5, 5.41) is 0. The molecule has 1 aromatic carbocycles. The second-order valence-electron chi connectivity index (χ2n) is 6.52. The van der Waals surface area contributed by atoms with E-state index in [4.69, 9.17) is 5.73 Å². The number of nitrogens with zero attached hydrogens (tertiary/aromatic N) is 1. The number of rotatable bonds is 7. The second kappa shape index (κ2) is 8.55. The van der Waals surface area contributed by atoms with Crippen LogP contribution in [0.15, 0.2) is 30.3 Å². The highest BCUT2D eigenvalue weighted by Gasteiger charge is 2.33. The van der Waals surface area contributed by atoms with Gasteiger partial charge in [0.2, 0.25) is 0 Å². The lowest BCUT2D eigenvalue weighted by atomic mass is 9.74. The molecule has 2 nitrogen and oxygen atoms in total. The maximum absolute atomic E-state index is 6.08. The predicted octanol–water partition coefficient (Wildman–Crippen LogP) is 4.02. The van der Waals surface area contributed by atoms with Gasteiger partial charge in [0.15, 0.2) is 0 Å². The van der Waals surface area contributed by atoms with Gasteiger partial charge in [-0.25, -0.2) is 0 Å². The third kappa shape index (κ3) is 4.31. The highest BCUT2D eigenvalue weighted by Crippen LogP contribution is 2.38. The molecule has 2 heteroatoms. The van der Waals surface area contributed by atoms with E-state index < -0.39 is 0 Å². The Labute approximate surface area is 130 Å². The van der Waals surface area contributed by atoms with Gasteiger partial charge in [-0.2, -0.15) is 0 Å². The van der Waals surface area contributed by atoms with Crippen LogP contribution in [0.3, 0.4) is 0 Å². The van der Waals surface area contributed by atoms with Crippen LogP contribution in [0.2, 0.25) is 0 Å². The van der Waals surface area contributed by atoms with E-state index in [0.717, 1.165) is 12.5 Å². The van der Waals surface area contributed by atoms with Gasteiger partial charge in [-0.05, 0) is 69.1 Å². The van der Waals surface area contributed by atoms with Gasteiger partial charge in [0.25, 0.3) is 0 Å². The van der Waals surface area contributed by atoms with Crippen molar-refractivity contribution < 1.29 is 0 Å². The van der Waals surface area contributed by atoms with Crippen molar-refractivity contribution in [2.24, 2.45) is 11.7 Å². The highest BCUT2D eigenvalue weighted by molar-refractivity contribution is 5.20. The molecule has 0 saturated heterocycles. The Morgan fingerprint density at radius 3 is 2.29 bits per heavy atom. The normalized spacial score (nSPS) is 26.2. The van der Waals surface area contributed by atoms with Gasteiger partial charge in [0, 0.05) is 6.04 Å². The fourth-order valence-corrected chi connectivity index (χ4v) is 3.98. The molecule has 1 aliphatic rings. The van der Waals surface area contributed by atoms with E-state index in [1.54, 1.807) is 0 Å². The number of hydrogen-bond donors (Lipinski definition) is 1. The van der Waals surface area contributed by atoms with E-state index in [1.807, 2.05) is 0 Å². The highest BCUT2D eigenvalue weighted by atomic mass is 15.2. The van der Waals surface area contributed by atoms with Gasteiger partial charge < -0.3 is 10.6 Å². The monoisotopic (exact) mass is 288 g/mol. The topological polar surface area (TPSA) is 29.3 Å². The molecular weight excluding hydrogens is 256 g/mol. The molecule has 1 fully saturated rings. The first-order valence-corrected chi connectivity index (χ1v) is 8.79. The number of nitrogens with two attached hydrogens (primary N) is 1. The lowest BCUT2D eigenvalue weighted by Crippen LogP contribution is -2.47. The smallest absolute Gasteiger partial charge is 0.0141 e. The molecule has 118 valence electrons. The SMILES string of the molecule is CCCN(CCC)C1CC(c2ccccc2)CCC1CN. The van der Waals surface area contributed by atoms with Crippen molar-refractivity contribution in [3.05, 3.63) is 35.9 Å². The summed E-state index contributed by atoms with van der Waals surface area (Å²) < 4.78 is 0. The van der Waals surface area contributed by atoms with Gasteiger partial charge >= 0.3 is 0 Å². The predicted molar refractivity (Wildman–Crippen MR) is 91.5 cm³/mol. The molecule has 3 atom stereocenters. The molecule has 0 amide bonds. The van der Waals surface area contributed by atoms with Crippen LogP contribution in [0.25, 0.3) is 0 Å². The second-order valence-corrected chi connectivity index (χ2v) is 6.52. The molecule has 0 bridgehead atoms. The third-order valence-electron chi connectivity index (χ3n) is 5.02. The summed E-state index contributed by atoms with van der Waals surface area (Å²) in [5.74, 6) is 1.40. The Balaban J connectivity index is 2.11. The lowest BCUT2D eigenvalue weighted by Gasteiger charge is -2.42. The summed E-state index contributed by atoms with van der Waals surface area (Å²) >= 11 is 0. The summed E-state index contributed by atoms with van der Waals surface area (Å²) in [4.78, 5) is 2.71. The van der Waals surface area contributed by atoms with Gasteiger partial charge in [0.05, 0.1) is 0 Å². The van der Waals surface area contributed by atoms with Crippen LogP contribution < -0.4 is 5.73 Å². The molecule has 0 radical (unpaired) electrons. The van der Waals surface area contributed by atoms with E-state index in [1.165, 1.54) is 50.8 Å². The zero-order valence-electron chi connectivity index (χ0n) is 13.8. The summed E-state index contributed by atoms with van der Waals surface area (Å²) in [6.07, 6.45) is 6.35. The van der Waals surface area contributed by atoms with E-state index in [0.29, 0.717) is 12.0 Å². The average Bonchev–Trinajstić information content (AvgIpc) is 2.55. The minimum atomic E-state index is 0.675. The molecule has 1 aromatic rings. The van der Waals surface area contributed by atoms with Gasteiger partial charge in [-0.1, -0.05) is 44.2 Å². The molecule has 21 heavy (non-hydrogen) atoms. The first kappa shape index (κ1) is 16.5. The van der Waals surface area contributed by atoms with E-state index in [-0.39, 0.29) is 0 Å². The Morgan fingerprint density at radius 2 is 1.71 bits per heavy atom. The van der Waals surface area contributed by atoms with Crippen molar-refractivity contribution in [2.45, 2.75) is 57.9 Å². The zero-order chi connectivity index (χ0) is 15.1. The maximum Gasteiger partial charge on any atom is 0.0141 e. The van der Waals surface area contributed by atoms with Crippen molar-refractivity contribution >= 4 is 0 Å². The molecule has 1 saturated carbocycles. The molecule has 2 N–H and O–H groups in total. The number of hydrogen-bond acceptors (Lipinski definition) is 2. The summed E-state index contributed by atoms with van der Waals surface area (Å²) in [6.45, 7) is 7.86. The largest absolute Gasteiger partial charge is 0.330 e. The molecule has 0 aliphatic heterocycles. The van der Waals surface area contributed by atoms with Crippen LogP contribution >= 0.6 is 0 Å². The van der Waals surface area contributed by atoms with Crippen molar-refractivity contribution in [3.63, 3.8) is 0 Å². The lowest BCUT2D eigenvalue weighted by molar-refractivity contribution is 0.0973. The van der Waals surface area contributed by atoms with Crippen LogP contribution in [0.5, 0.6) is 0 Å². The van der Waals surface area contributed by atoms with Crippen molar-refractivity contribution in [2.75, 3.05) is 19.6 Å².